The summed E-state index contributed by atoms with van der Waals surface area (Å²) in [6.45, 7) is 0. The van der Waals surface area contributed by atoms with E-state index in [1.54, 1.807) is 6.07 Å². The highest BCUT2D eigenvalue weighted by atomic mass is 35.5. The van der Waals surface area contributed by atoms with Crippen LogP contribution in [0, 0.1) is 27.3 Å². The van der Waals surface area contributed by atoms with Crippen LogP contribution in [-0.2, 0) is 0 Å². The molecule has 0 amide bonds. The van der Waals surface area contributed by atoms with Crippen molar-refractivity contribution in [2.24, 2.45) is 0 Å². The third-order valence-electron chi connectivity index (χ3n) is 2.42. The Morgan fingerprint density at radius 2 is 2.05 bits per heavy atom. The molecule has 0 heterocycles. The fraction of sp³-hybridized carbons (Fsp3) is 0. The van der Waals surface area contributed by atoms with E-state index < -0.39 is 10.7 Å². The largest absolute Gasteiger partial charge is 0.449 e. The van der Waals surface area contributed by atoms with Crippen molar-refractivity contribution in [1.29, 1.82) is 5.26 Å². The first kappa shape index (κ1) is 13.8. The van der Waals surface area contributed by atoms with Crippen molar-refractivity contribution in [3.8, 4) is 17.6 Å². The normalized spacial score (nSPS) is 9.85. The Labute approximate surface area is 117 Å². The molecule has 7 heteroatoms. The second-order valence-corrected chi connectivity index (χ2v) is 4.13. The molecule has 0 aliphatic carbocycles. The number of rotatable bonds is 3. The molecule has 0 aliphatic rings. The van der Waals surface area contributed by atoms with E-state index in [4.69, 9.17) is 21.6 Å². The summed E-state index contributed by atoms with van der Waals surface area (Å²) in [5.74, 6) is -0.985. The Morgan fingerprint density at radius 1 is 1.30 bits per heavy atom. The molecule has 100 valence electrons. The monoisotopic (exact) mass is 292 g/mol. The number of nitro groups is 1. The molecule has 2 aromatic carbocycles. The van der Waals surface area contributed by atoms with Gasteiger partial charge in [-0.1, -0.05) is 17.7 Å². The Hall–Kier alpha value is -2.65. The highest BCUT2D eigenvalue weighted by molar-refractivity contribution is 6.30. The molecular formula is C13H6ClFN2O3. The van der Waals surface area contributed by atoms with E-state index in [1.807, 2.05) is 0 Å². The summed E-state index contributed by atoms with van der Waals surface area (Å²) in [4.78, 5) is 10.2. The summed E-state index contributed by atoms with van der Waals surface area (Å²) in [5, 5.41) is 20.0. The topological polar surface area (TPSA) is 76.2 Å². The van der Waals surface area contributed by atoms with E-state index in [0.717, 1.165) is 12.1 Å². The number of nitro benzene ring substituents is 1. The van der Waals surface area contributed by atoms with E-state index in [0.29, 0.717) is 0 Å². The summed E-state index contributed by atoms with van der Waals surface area (Å²) in [6, 6.07) is 9.23. The van der Waals surface area contributed by atoms with Crippen LogP contribution in [0.15, 0.2) is 36.4 Å². The fourth-order valence-corrected chi connectivity index (χ4v) is 1.70. The number of nitriles is 1. The highest BCUT2D eigenvalue weighted by Gasteiger charge is 2.18. The highest BCUT2D eigenvalue weighted by Crippen LogP contribution is 2.35. The maximum atomic E-state index is 13.4. The minimum atomic E-state index is -0.762. The van der Waals surface area contributed by atoms with Crippen molar-refractivity contribution < 1.29 is 14.1 Å². The lowest BCUT2D eigenvalue weighted by Gasteiger charge is -2.08. The molecule has 0 fully saturated rings. The summed E-state index contributed by atoms with van der Waals surface area (Å²) < 4.78 is 18.7. The minimum Gasteiger partial charge on any atom is -0.449 e. The molecule has 0 saturated carbocycles. The van der Waals surface area contributed by atoms with E-state index in [1.165, 1.54) is 24.3 Å². The van der Waals surface area contributed by atoms with Crippen LogP contribution in [0.5, 0.6) is 11.5 Å². The van der Waals surface area contributed by atoms with Crippen LogP contribution in [-0.4, -0.2) is 4.92 Å². The van der Waals surface area contributed by atoms with Crippen LogP contribution >= 0.6 is 11.6 Å². The third-order valence-corrected chi connectivity index (χ3v) is 2.66. The minimum absolute atomic E-state index is 0.0991. The first-order valence-corrected chi connectivity index (χ1v) is 5.71. The lowest BCUT2D eigenvalue weighted by molar-refractivity contribution is -0.385. The van der Waals surface area contributed by atoms with E-state index >= 15 is 0 Å². The molecule has 0 spiro atoms. The molecule has 0 saturated heterocycles. The molecule has 0 unspecified atom stereocenters. The van der Waals surface area contributed by atoms with Crippen molar-refractivity contribution in [1.82, 2.24) is 0 Å². The molecule has 5 nitrogen and oxygen atoms in total. The SMILES string of the molecule is N#Cc1c(F)cccc1Oc1ccc(Cl)cc1[N+](=O)[O-]. The molecule has 0 atom stereocenters. The molecule has 0 radical (unpaired) electrons. The van der Waals surface area contributed by atoms with Crippen LogP contribution in [0.4, 0.5) is 10.1 Å². The van der Waals surface area contributed by atoms with E-state index in [2.05, 4.69) is 0 Å². The van der Waals surface area contributed by atoms with Crippen LogP contribution in [0.3, 0.4) is 0 Å². The van der Waals surface area contributed by atoms with Gasteiger partial charge in [0.1, 0.15) is 23.2 Å². The van der Waals surface area contributed by atoms with Gasteiger partial charge in [0.2, 0.25) is 5.75 Å². The lowest BCUT2D eigenvalue weighted by atomic mass is 10.2. The number of hydrogen-bond donors (Lipinski definition) is 0. The molecule has 2 aromatic rings. The fourth-order valence-electron chi connectivity index (χ4n) is 1.54. The zero-order chi connectivity index (χ0) is 14.7. The molecule has 0 aliphatic heterocycles. The van der Waals surface area contributed by atoms with Crippen molar-refractivity contribution >= 4 is 17.3 Å². The van der Waals surface area contributed by atoms with Gasteiger partial charge in [-0.15, -0.1) is 0 Å². The molecule has 2 rings (SSSR count). The maximum Gasteiger partial charge on any atom is 0.313 e. The van der Waals surface area contributed by atoms with Gasteiger partial charge in [0.25, 0.3) is 0 Å². The van der Waals surface area contributed by atoms with Crippen LogP contribution in [0.1, 0.15) is 5.56 Å². The van der Waals surface area contributed by atoms with Crippen molar-refractivity contribution in [3.63, 3.8) is 0 Å². The van der Waals surface area contributed by atoms with E-state index in [-0.39, 0.29) is 27.8 Å². The van der Waals surface area contributed by atoms with Gasteiger partial charge in [0.15, 0.2) is 0 Å². The molecule has 0 bridgehead atoms. The van der Waals surface area contributed by atoms with Gasteiger partial charge in [0, 0.05) is 11.1 Å². The number of ether oxygens (including phenoxy) is 1. The van der Waals surface area contributed by atoms with Gasteiger partial charge in [-0.2, -0.15) is 5.26 Å². The number of hydrogen-bond acceptors (Lipinski definition) is 4. The van der Waals surface area contributed by atoms with E-state index in [9.17, 15) is 14.5 Å². The van der Waals surface area contributed by atoms with Crippen LogP contribution in [0.2, 0.25) is 5.02 Å². The molecular weight excluding hydrogens is 287 g/mol. The smallest absolute Gasteiger partial charge is 0.313 e. The third kappa shape index (κ3) is 2.68. The van der Waals surface area contributed by atoms with Crippen LogP contribution in [0.25, 0.3) is 0 Å². The predicted octanol–water partition coefficient (Wildman–Crippen LogP) is 4.05. The van der Waals surface area contributed by atoms with Gasteiger partial charge in [-0.3, -0.25) is 10.1 Å². The van der Waals surface area contributed by atoms with Crippen LogP contribution < -0.4 is 4.74 Å². The average Bonchev–Trinajstić information content (AvgIpc) is 2.41. The Kier molecular flexibility index (Phi) is 3.82. The first-order chi connectivity index (χ1) is 9.52. The average molecular weight is 293 g/mol. The van der Waals surface area contributed by atoms with Crippen molar-refractivity contribution in [3.05, 3.63) is 62.9 Å². The second kappa shape index (κ2) is 5.55. The maximum absolute atomic E-state index is 13.4. The predicted molar refractivity (Wildman–Crippen MR) is 69.3 cm³/mol. The summed E-state index contributed by atoms with van der Waals surface area (Å²) in [6.07, 6.45) is 0. The standard InChI is InChI=1S/C13H6ClFN2O3/c14-8-4-5-13(11(6-8)17(18)19)20-12-3-1-2-10(15)9(12)7-16/h1-6H. The van der Waals surface area contributed by atoms with Crippen molar-refractivity contribution in [2.45, 2.75) is 0 Å². The number of halogens is 2. The molecule has 0 aromatic heterocycles. The van der Waals surface area contributed by atoms with Crippen molar-refractivity contribution in [2.75, 3.05) is 0 Å². The van der Waals surface area contributed by atoms with Gasteiger partial charge >= 0.3 is 5.69 Å². The number of benzene rings is 2. The molecule has 0 N–H and O–H groups in total. The summed E-state index contributed by atoms with van der Waals surface area (Å²) in [5.41, 5.74) is -0.692. The van der Waals surface area contributed by atoms with Gasteiger partial charge in [-0.25, -0.2) is 4.39 Å². The lowest BCUT2D eigenvalue weighted by Crippen LogP contribution is -1.96. The Morgan fingerprint density at radius 3 is 2.70 bits per heavy atom. The second-order valence-electron chi connectivity index (χ2n) is 3.70. The number of nitrogens with zero attached hydrogens (tertiary/aromatic N) is 2. The summed E-state index contributed by atoms with van der Waals surface area (Å²) >= 11 is 5.68. The van der Waals surface area contributed by atoms with Gasteiger partial charge in [-0.05, 0) is 24.3 Å². The van der Waals surface area contributed by atoms with Gasteiger partial charge < -0.3 is 4.74 Å². The zero-order valence-electron chi connectivity index (χ0n) is 9.84. The molecule has 20 heavy (non-hydrogen) atoms. The van der Waals surface area contributed by atoms with Gasteiger partial charge in [0.05, 0.1) is 4.92 Å². The summed E-state index contributed by atoms with van der Waals surface area (Å²) in [7, 11) is 0. The Bertz CT molecular complexity index is 728. The quantitative estimate of drug-likeness (QED) is 0.631. The zero-order valence-corrected chi connectivity index (χ0v) is 10.6. The first-order valence-electron chi connectivity index (χ1n) is 5.33. The Balaban J connectivity index is 2.49.